The van der Waals surface area contributed by atoms with Gasteiger partial charge in [-0.3, -0.25) is 4.31 Å². The van der Waals surface area contributed by atoms with Crippen molar-refractivity contribution in [1.82, 2.24) is 0 Å². The molecule has 160 valence electrons. The summed E-state index contributed by atoms with van der Waals surface area (Å²) in [7, 11) is -1.38. The molecule has 0 bridgehead atoms. The molecule has 1 unspecified atom stereocenters. The summed E-state index contributed by atoms with van der Waals surface area (Å²) < 4.78 is 14.9. The van der Waals surface area contributed by atoms with E-state index in [1.54, 1.807) is 42.5 Å². The Balaban J connectivity index is 0.00000184. The van der Waals surface area contributed by atoms with E-state index in [4.69, 9.17) is 34.8 Å². The van der Waals surface area contributed by atoms with Crippen LogP contribution in [0.2, 0.25) is 15.1 Å². The molecule has 2 nitrogen and oxygen atoms in total. The lowest BCUT2D eigenvalue weighted by Gasteiger charge is -2.25. The van der Waals surface area contributed by atoms with Gasteiger partial charge in [0.2, 0.25) is 0 Å². The molecule has 0 aliphatic rings. The van der Waals surface area contributed by atoms with Gasteiger partial charge in [0.05, 0.1) is 15.6 Å². The third-order valence-electron chi connectivity index (χ3n) is 3.50. The lowest BCUT2D eigenvalue weighted by Crippen LogP contribution is -2.27. The molecule has 2 aromatic carbocycles. The Morgan fingerprint density at radius 3 is 2.14 bits per heavy atom. The number of hydrogen-bond acceptors (Lipinski definition) is 2. The molecule has 0 fully saturated rings. The molecule has 0 aliphatic heterocycles. The smallest absolute Gasteiger partial charge is 0.152 e. The molecule has 29 heavy (non-hydrogen) atoms. The van der Waals surface area contributed by atoms with E-state index >= 15 is 0 Å². The van der Waals surface area contributed by atoms with Gasteiger partial charge >= 0.3 is 0 Å². The van der Waals surface area contributed by atoms with E-state index in [0.29, 0.717) is 32.2 Å². The molecule has 0 saturated heterocycles. The Bertz CT molecular complexity index is 751. The van der Waals surface area contributed by atoms with Crippen molar-refractivity contribution in [3.8, 4) is 12.8 Å². The fourth-order valence-electron chi connectivity index (χ4n) is 2.25. The third kappa shape index (κ3) is 10.2. The van der Waals surface area contributed by atoms with Gasteiger partial charge in [0.25, 0.3) is 0 Å². The molecule has 0 saturated carbocycles. The number of benzene rings is 2. The summed E-state index contributed by atoms with van der Waals surface area (Å²) in [5, 5.41) is 1.72. The van der Waals surface area contributed by atoms with E-state index in [2.05, 4.69) is 19.8 Å². The molecule has 0 radical (unpaired) electrons. The number of rotatable bonds is 9. The first kappa shape index (κ1) is 28.2. The van der Waals surface area contributed by atoms with Crippen molar-refractivity contribution in [2.24, 2.45) is 0 Å². The number of terminal acetylenes is 1. The summed E-state index contributed by atoms with van der Waals surface area (Å²) in [5.41, 5.74) is 0.686. The van der Waals surface area contributed by atoms with Gasteiger partial charge in [-0.05, 0) is 66.8 Å². The van der Waals surface area contributed by atoms with E-state index in [-0.39, 0.29) is 0 Å². The van der Waals surface area contributed by atoms with Crippen LogP contribution in [0.5, 0.6) is 0 Å². The van der Waals surface area contributed by atoms with Crippen LogP contribution in [-0.4, -0.2) is 22.3 Å². The lowest BCUT2D eigenvalue weighted by molar-refractivity contribution is 0.676. The van der Waals surface area contributed by atoms with Crippen LogP contribution in [0.25, 0.3) is 0 Å². The summed E-state index contributed by atoms with van der Waals surface area (Å²) in [4.78, 5) is 0.684. The zero-order valence-corrected chi connectivity index (χ0v) is 20.9. The Labute approximate surface area is 197 Å². The lowest BCUT2D eigenvalue weighted by atomic mass is 10.3. The first-order chi connectivity index (χ1) is 14.0. The maximum absolute atomic E-state index is 13.1. The maximum atomic E-state index is 13.1. The molecule has 0 heterocycles. The SMILES string of the molecule is C#C.CC.CCSCCCCN(c1cc(Cl)ccc1Cl)S(=O)c1ccc(Cl)cc1. The molecule has 0 aromatic heterocycles. The highest BCUT2D eigenvalue weighted by Gasteiger charge is 2.19. The number of halogens is 3. The number of hydrogen-bond donors (Lipinski definition) is 0. The first-order valence-corrected chi connectivity index (χ1v) is 12.7. The minimum absolute atomic E-state index is 0.537. The average Bonchev–Trinajstić information content (AvgIpc) is 2.76. The summed E-state index contributed by atoms with van der Waals surface area (Å²) in [5.74, 6) is 2.21. The molecule has 0 aliphatic carbocycles. The number of unbranched alkanes of at least 4 members (excludes halogenated alkanes) is 1. The van der Waals surface area contributed by atoms with Crippen LogP contribution in [0.4, 0.5) is 5.69 Å². The summed E-state index contributed by atoms with van der Waals surface area (Å²) >= 11 is 20.3. The van der Waals surface area contributed by atoms with Crippen LogP contribution < -0.4 is 4.31 Å². The molecule has 2 rings (SSSR count). The van der Waals surface area contributed by atoms with Crippen LogP contribution in [0.1, 0.15) is 33.6 Å². The standard InChI is InChI=1S/C18H20Cl3NOS2.C2H6.C2H2/c1-2-24-12-4-3-11-22(18-13-15(20)7-10-17(18)21)25(23)16-8-5-14(19)6-9-16;2*1-2/h5-10,13H,2-4,11-12H2,1H3;1-2H3;1-2H. The van der Waals surface area contributed by atoms with Gasteiger partial charge in [-0.2, -0.15) is 11.8 Å². The molecule has 2 aromatic rings. The minimum atomic E-state index is -1.38. The topological polar surface area (TPSA) is 20.3 Å². The second-order valence-electron chi connectivity index (χ2n) is 5.30. The van der Waals surface area contributed by atoms with Crippen LogP contribution >= 0.6 is 46.6 Å². The quantitative estimate of drug-likeness (QED) is 0.261. The van der Waals surface area contributed by atoms with E-state index in [9.17, 15) is 4.21 Å². The van der Waals surface area contributed by atoms with Crippen LogP contribution in [-0.2, 0) is 11.0 Å². The predicted molar refractivity (Wildman–Crippen MR) is 135 cm³/mol. The summed E-state index contributed by atoms with van der Waals surface area (Å²) in [6.07, 6.45) is 9.99. The van der Waals surface area contributed by atoms with Crippen molar-refractivity contribution < 1.29 is 4.21 Å². The second-order valence-corrected chi connectivity index (χ2v) is 9.39. The normalized spacial score (nSPS) is 10.8. The minimum Gasteiger partial charge on any atom is -0.286 e. The van der Waals surface area contributed by atoms with Gasteiger partial charge in [0.15, 0.2) is 11.0 Å². The van der Waals surface area contributed by atoms with Gasteiger partial charge < -0.3 is 0 Å². The molecular formula is C22H28Cl3NOS2. The van der Waals surface area contributed by atoms with Crippen molar-refractivity contribution in [3.05, 3.63) is 57.5 Å². The van der Waals surface area contributed by atoms with Crippen molar-refractivity contribution in [2.45, 2.75) is 38.5 Å². The first-order valence-electron chi connectivity index (χ1n) is 9.34. The third-order valence-corrected chi connectivity index (χ3v) is 6.74. The van der Waals surface area contributed by atoms with Crippen LogP contribution in [0, 0.1) is 12.8 Å². The molecular weight excluding hydrogens is 465 g/mol. The van der Waals surface area contributed by atoms with Gasteiger partial charge in [-0.25, -0.2) is 4.21 Å². The van der Waals surface area contributed by atoms with Crippen LogP contribution in [0.15, 0.2) is 47.4 Å². The molecule has 7 heteroatoms. The van der Waals surface area contributed by atoms with Gasteiger partial charge in [-0.15, -0.1) is 12.8 Å². The van der Waals surface area contributed by atoms with Crippen molar-refractivity contribution in [1.29, 1.82) is 0 Å². The Hall–Kier alpha value is -0.830. The molecule has 0 amide bonds. The zero-order chi connectivity index (χ0) is 22.2. The van der Waals surface area contributed by atoms with E-state index in [0.717, 1.165) is 24.3 Å². The highest BCUT2D eigenvalue weighted by Crippen LogP contribution is 2.32. The monoisotopic (exact) mass is 491 g/mol. The summed E-state index contributed by atoms with van der Waals surface area (Å²) in [6, 6.07) is 12.3. The number of thioether (sulfide) groups is 1. The van der Waals surface area contributed by atoms with Crippen molar-refractivity contribution in [2.75, 3.05) is 22.4 Å². The average molecular weight is 493 g/mol. The van der Waals surface area contributed by atoms with E-state index < -0.39 is 11.0 Å². The van der Waals surface area contributed by atoms with Crippen molar-refractivity contribution >= 4 is 63.2 Å². The number of anilines is 1. The zero-order valence-electron chi connectivity index (χ0n) is 17.0. The van der Waals surface area contributed by atoms with E-state index in [1.165, 1.54) is 0 Å². The fraction of sp³-hybridized carbons (Fsp3) is 0.364. The van der Waals surface area contributed by atoms with Gasteiger partial charge in [0, 0.05) is 16.6 Å². The second kappa shape index (κ2) is 16.9. The molecule has 0 N–H and O–H groups in total. The van der Waals surface area contributed by atoms with Gasteiger partial charge in [-0.1, -0.05) is 55.6 Å². The number of nitrogens with zero attached hydrogens (tertiary/aromatic N) is 1. The largest absolute Gasteiger partial charge is 0.286 e. The fourth-order valence-corrected chi connectivity index (χ4v) is 4.76. The highest BCUT2D eigenvalue weighted by molar-refractivity contribution is 7.99. The van der Waals surface area contributed by atoms with Gasteiger partial charge in [0.1, 0.15) is 0 Å². The highest BCUT2D eigenvalue weighted by atomic mass is 35.5. The Morgan fingerprint density at radius 1 is 0.966 bits per heavy atom. The molecule has 1 atom stereocenters. The predicted octanol–water partition coefficient (Wildman–Crippen LogP) is 7.98. The maximum Gasteiger partial charge on any atom is 0.152 e. The Morgan fingerprint density at radius 2 is 1.55 bits per heavy atom. The Kier molecular flexibility index (Phi) is 16.4. The van der Waals surface area contributed by atoms with Crippen molar-refractivity contribution in [3.63, 3.8) is 0 Å². The molecule has 0 spiro atoms. The van der Waals surface area contributed by atoms with E-state index in [1.807, 2.05) is 29.9 Å². The van der Waals surface area contributed by atoms with Crippen LogP contribution in [0.3, 0.4) is 0 Å². The summed E-state index contributed by atoms with van der Waals surface area (Å²) in [6.45, 7) is 6.79.